The zero-order valence-corrected chi connectivity index (χ0v) is 13.3. The molecule has 1 aromatic rings. The van der Waals surface area contributed by atoms with Gasteiger partial charge in [0.2, 0.25) is 5.75 Å². The molecular formula is C17H27NO3. The van der Waals surface area contributed by atoms with Crippen molar-refractivity contribution >= 4 is 0 Å². The first-order valence-electron chi connectivity index (χ1n) is 7.81. The lowest BCUT2D eigenvalue weighted by Crippen LogP contribution is -2.38. The summed E-state index contributed by atoms with van der Waals surface area (Å²) in [4.78, 5) is 0. The smallest absolute Gasteiger partial charge is 0.203 e. The Bertz CT molecular complexity index is 427. The molecule has 118 valence electrons. The molecule has 0 spiro atoms. The quantitative estimate of drug-likeness (QED) is 0.875. The third-order valence-electron chi connectivity index (χ3n) is 4.57. The SMILES string of the molecule is CCC1CCC(CN)C(Oc2c(OC)cccc2OC)C1. The number of benzene rings is 1. The summed E-state index contributed by atoms with van der Waals surface area (Å²) in [5.41, 5.74) is 5.93. The van der Waals surface area contributed by atoms with Crippen LogP contribution in [-0.2, 0) is 0 Å². The molecule has 2 N–H and O–H groups in total. The lowest BCUT2D eigenvalue weighted by molar-refractivity contribution is 0.0635. The van der Waals surface area contributed by atoms with Crippen molar-refractivity contribution in [1.82, 2.24) is 0 Å². The molecule has 1 aromatic carbocycles. The third-order valence-corrected chi connectivity index (χ3v) is 4.57. The fourth-order valence-corrected chi connectivity index (χ4v) is 3.14. The average Bonchev–Trinajstić information content (AvgIpc) is 2.54. The third kappa shape index (κ3) is 3.62. The molecule has 0 bridgehead atoms. The van der Waals surface area contributed by atoms with E-state index < -0.39 is 0 Å². The molecule has 21 heavy (non-hydrogen) atoms. The van der Waals surface area contributed by atoms with Gasteiger partial charge in [0.05, 0.1) is 14.2 Å². The molecule has 4 nitrogen and oxygen atoms in total. The highest BCUT2D eigenvalue weighted by Crippen LogP contribution is 2.41. The largest absolute Gasteiger partial charge is 0.493 e. The summed E-state index contributed by atoms with van der Waals surface area (Å²) in [7, 11) is 3.30. The summed E-state index contributed by atoms with van der Waals surface area (Å²) in [5, 5.41) is 0. The van der Waals surface area contributed by atoms with Gasteiger partial charge in [0.15, 0.2) is 11.5 Å². The molecule has 2 rings (SSSR count). The molecular weight excluding hydrogens is 266 g/mol. The van der Waals surface area contributed by atoms with Crippen LogP contribution in [0.2, 0.25) is 0 Å². The maximum Gasteiger partial charge on any atom is 0.203 e. The number of ether oxygens (including phenoxy) is 3. The van der Waals surface area contributed by atoms with Crippen LogP contribution in [0.3, 0.4) is 0 Å². The minimum Gasteiger partial charge on any atom is -0.493 e. The van der Waals surface area contributed by atoms with Crippen LogP contribution in [0.15, 0.2) is 18.2 Å². The summed E-state index contributed by atoms with van der Waals surface area (Å²) in [6, 6.07) is 5.70. The first kappa shape index (κ1) is 16.0. The number of hydrogen-bond donors (Lipinski definition) is 1. The van der Waals surface area contributed by atoms with Gasteiger partial charge in [0.1, 0.15) is 6.10 Å². The van der Waals surface area contributed by atoms with Crippen LogP contribution < -0.4 is 19.9 Å². The Morgan fingerprint density at radius 1 is 1.14 bits per heavy atom. The summed E-state index contributed by atoms with van der Waals surface area (Å²) < 4.78 is 17.1. The van der Waals surface area contributed by atoms with Gasteiger partial charge in [0.25, 0.3) is 0 Å². The Kier molecular flexibility index (Phi) is 5.74. The van der Waals surface area contributed by atoms with Gasteiger partial charge in [-0.1, -0.05) is 19.4 Å². The molecule has 3 atom stereocenters. The molecule has 0 saturated heterocycles. The van der Waals surface area contributed by atoms with Crippen molar-refractivity contribution in [3.8, 4) is 17.2 Å². The maximum atomic E-state index is 6.30. The topological polar surface area (TPSA) is 53.7 Å². The van der Waals surface area contributed by atoms with Crippen molar-refractivity contribution in [2.24, 2.45) is 17.6 Å². The number of methoxy groups -OCH3 is 2. The molecule has 1 fully saturated rings. The van der Waals surface area contributed by atoms with Crippen LogP contribution >= 0.6 is 0 Å². The Hall–Kier alpha value is -1.42. The van der Waals surface area contributed by atoms with Crippen molar-refractivity contribution in [3.05, 3.63) is 18.2 Å². The molecule has 1 saturated carbocycles. The lowest BCUT2D eigenvalue weighted by atomic mass is 9.78. The highest BCUT2D eigenvalue weighted by molar-refractivity contribution is 5.51. The van der Waals surface area contributed by atoms with Gasteiger partial charge in [-0.25, -0.2) is 0 Å². The fraction of sp³-hybridized carbons (Fsp3) is 0.647. The highest BCUT2D eigenvalue weighted by atomic mass is 16.5. The zero-order chi connectivity index (χ0) is 15.2. The lowest BCUT2D eigenvalue weighted by Gasteiger charge is -2.35. The molecule has 0 aromatic heterocycles. The minimum atomic E-state index is 0.138. The van der Waals surface area contributed by atoms with Crippen molar-refractivity contribution in [2.75, 3.05) is 20.8 Å². The molecule has 4 heteroatoms. The van der Waals surface area contributed by atoms with Crippen LogP contribution in [0.5, 0.6) is 17.2 Å². The summed E-state index contributed by atoms with van der Waals surface area (Å²) >= 11 is 0. The number of hydrogen-bond acceptors (Lipinski definition) is 4. The Balaban J connectivity index is 2.22. The molecule has 0 radical (unpaired) electrons. The van der Waals surface area contributed by atoms with E-state index in [2.05, 4.69) is 6.92 Å². The van der Waals surface area contributed by atoms with Crippen molar-refractivity contribution in [1.29, 1.82) is 0 Å². The van der Waals surface area contributed by atoms with E-state index in [0.29, 0.717) is 29.7 Å². The van der Waals surface area contributed by atoms with Crippen molar-refractivity contribution < 1.29 is 14.2 Å². The predicted molar refractivity (Wildman–Crippen MR) is 84.1 cm³/mol. The summed E-state index contributed by atoms with van der Waals surface area (Å²) in [6.07, 6.45) is 4.77. The average molecular weight is 293 g/mol. The fourth-order valence-electron chi connectivity index (χ4n) is 3.14. The van der Waals surface area contributed by atoms with Gasteiger partial charge in [-0.05, 0) is 43.9 Å². The van der Waals surface area contributed by atoms with Gasteiger partial charge in [0, 0.05) is 5.92 Å². The van der Waals surface area contributed by atoms with E-state index in [4.69, 9.17) is 19.9 Å². The monoisotopic (exact) mass is 293 g/mol. The van der Waals surface area contributed by atoms with Gasteiger partial charge in [-0.2, -0.15) is 0 Å². The van der Waals surface area contributed by atoms with Crippen molar-refractivity contribution in [3.63, 3.8) is 0 Å². The van der Waals surface area contributed by atoms with E-state index >= 15 is 0 Å². The molecule has 1 aliphatic rings. The minimum absolute atomic E-state index is 0.138. The molecule has 1 aliphatic carbocycles. The van der Waals surface area contributed by atoms with E-state index in [-0.39, 0.29) is 6.10 Å². The van der Waals surface area contributed by atoms with E-state index in [1.54, 1.807) is 14.2 Å². The Labute approximate surface area is 127 Å². The van der Waals surface area contributed by atoms with Gasteiger partial charge >= 0.3 is 0 Å². The van der Waals surface area contributed by atoms with Crippen molar-refractivity contribution in [2.45, 2.75) is 38.7 Å². The first-order chi connectivity index (χ1) is 10.2. The molecule has 0 amide bonds. The summed E-state index contributed by atoms with van der Waals surface area (Å²) in [5.74, 6) is 3.25. The van der Waals surface area contributed by atoms with Crippen LogP contribution in [0.4, 0.5) is 0 Å². The number of para-hydroxylation sites is 1. The van der Waals surface area contributed by atoms with E-state index in [1.807, 2.05) is 18.2 Å². The van der Waals surface area contributed by atoms with Crippen LogP contribution in [0, 0.1) is 11.8 Å². The van der Waals surface area contributed by atoms with Gasteiger partial charge in [-0.3, -0.25) is 0 Å². The maximum absolute atomic E-state index is 6.30. The second-order valence-corrected chi connectivity index (χ2v) is 5.73. The molecule has 0 aliphatic heterocycles. The first-order valence-corrected chi connectivity index (χ1v) is 7.81. The highest BCUT2D eigenvalue weighted by Gasteiger charge is 2.31. The number of rotatable bonds is 6. The van der Waals surface area contributed by atoms with E-state index in [1.165, 1.54) is 12.8 Å². The van der Waals surface area contributed by atoms with Gasteiger partial charge in [-0.15, -0.1) is 0 Å². The van der Waals surface area contributed by atoms with Crippen LogP contribution in [-0.4, -0.2) is 26.9 Å². The van der Waals surface area contributed by atoms with E-state index in [9.17, 15) is 0 Å². The molecule has 0 heterocycles. The van der Waals surface area contributed by atoms with Gasteiger partial charge < -0.3 is 19.9 Å². The van der Waals surface area contributed by atoms with Crippen LogP contribution in [0.1, 0.15) is 32.6 Å². The molecule has 3 unspecified atom stereocenters. The normalized spacial score (nSPS) is 25.4. The zero-order valence-electron chi connectivity index (χ0n) is 13.3. The number of nitrogens with two attached hydrogens (primary N) is 1. The predicted octanol–water partition coefficient (Wildman–Crippen LogP) is 3.24. The Morgan fingerprint density at radius 3 is 2.33 bits per heavy atom. The van der Waals surface area contributed by atoms with E-state index in [0.717, 1.165) is 18.8 Å². The second kappa shape index (κ2) is 7.55. The van der Waals surface area contributed by atoms with Crippen LogP contribution in [0.25, 0.3) is 0 Å². The summed E-state index contributed by atoms with van der Waals surface area (Å²) in [6.45, 7) is 2.91. The second-order valence-electron chi connectivity index (χ2n) is 5.73. The Morgan fingerprint density at radius 2 is 1.81 bits per heavy atom. The standard InChI is InChI=1S/C17H27NO3/c1-4-12-8-9-13(11-18)16(10-12)21-17-14(19-2)6-5-7-15(17)20-3/h5-7,12-13,16H,4,8-11,18H2,1-3H3.